The van der Waals surface area contributed by atoms with Crippen molar-refractivity contribution in [1.29, 1.82) is 0 Å². The second kappa shape index (κ2) is 8.47. The first kappa shape index (κ1) is 16.4. The number of ether oxygens (including phenoxy) is 2. The Bertz CT molecular complexity index is 463. The van der Waals surface area contributed by atoms with Crippen LogP contribution in [0.15, 0.2) is 12.1 Å². The predicted molar refractivity (Wildman–Crippen MR) is 79.8 cm³/mol. The average molecular weight is 278 g/mol. The minimum absolute atomic E-state index is 0.0277. The molecule has 1 rings (SSSR count). The van der Waals surface area contributed by atoms with Crippen LogP contribution in [-0.2, 0) is 0 Å². The maximum atomic E-state index is 14.3. The van der Waals surface area contributed by atoms with E-state index in [-0.39, 0.29) is 11.7 Å². The molecule has 0 heterocycles. The van der Waals surface area contributed by atoms with Crippen molar-refractivity contribution in [2.75, 3.05) is 13.2 Å². The van der Waals surface area contributed by atoms with Crippen molar-refractivity contribution in [2.24, 2.45) is 0 Å². The van der Waals surface area contributed by atoms with Gasteiger partial charge in [-0.2, -0.15) is 0 Å². The summed E-state index contributed by atoms with van der Waals surface area (Å²) < 4.78 is 25.3. The summed E-state index contributed by atoms with van der Waals surface area (Å²) in [5.74, 6) is 3.42. The van der Waals surface area contributed by atoms with E-state index < -0.39 is 0 Å². The Balaban J connectivity index is 3.18. The lowest BCUT2D eigenvalue weighted by Gasteiger charge is -2.18. The van der Waals surface area contributed by atoms with E-state index in [2.05, 4.69) is 12.8 Å². The topological polar surface area (TPSA) is 18.5 Å². The summed E-state index contributed by atoms with van der Waals surface area (Å²) in [6.07, 6.45) is 7.75. The van der Waals surface area contributed by atoms with Crippen molar-refractivity contribution < 1.29 is 13.9 Å². The number of hydrogen-bond donors (Lipinski definition) is 0. The Kier molecular flexibility index (Phi) is 6.93. The molecular formula is C17H23FO2. The van der Waals surface area contributed by atoms with Crippen molar-refractivity contribution in [3.8, 4) is 23.8 Å². The summed E-state index contributed by atoms with van der Waals surface area (Å²) in [6.45, 7) is 6.81. The van der Waals surface area contributed by atoms with E-state index in [1.807, 2.05) is 13.8 Å². The minimum Gasteiger partial charge on any atom is -0.490 e. The van der Waals surface area contributed by atoms with Crippen molar-refractivity contribution in [3.63, 3.8) is 0 Å². The lowest BCUT2D eigenvalue weighted by Crippen LogP contribution is -2.05. The van der Waals surface area contributed by atoms with Gasteiger partial charge in [0.1, 0.15) is 5.82 Å². The highest BCUT2D eigenvalue weighted by Gasteiger charge is 2.18. The van der Waals surface area contributed by atoms with Crippen LogP contribution in [0, 0.1) is 18.2 Å². The Morgan fingerprint density at radius 1 is 1.15 bits per heavy atom. The fourth-order valence-electron chi connectivity index (χ4n) is 2.26. The molecule has 0 N–H and O–H groups in total. The molecule has 110 valence electrons. The van der Waals surface area contributed by atoms with Gasteiger partial charge in [0.15, 0.2) is 11.5 Å². The average Bonchev–Trinajstić information content (AvgIpc) is 2.42. The predicted octanol–water partition coefficient (Wildman–Crippen LogP) is 4.53. The summed E-state index contributed by atoms with van der Waals surface area (Å²) in [5, 5.41) is 0. The molecule has 20 heavy (non-hydrogen) atoms. The SMILES string of the molecule is C#CCC(CCC)c1cc(OCC)c(OCC)cc1F. The standard InChI is InChI=1S/C17H23FO2/c1-5-9-13(10-6-2)14-11-16(19-7-3)17(20-8-4)12-15(14)18/h1,11-13H,6-10H2,2-4H3. The third kappa shape index (κ3) is 4.16. The monoisotopic (exact) mass is 278 g/mol. The third-order valence-electron chi connectivity index (χ3n) is 3.10. The van der Waals surface area contributed by atoms with Crippen LogP contribution in [0.3, 0.4) is 0 Å². The van der Waals surface area contributed by atoms with Gasteiger partial charge in [0.2, 0.25) is 0 Å². The van der Waals surface area contributed by atoms with Crippen LogP contribution in [-0.4, -0.2) is 13.2 Å². The van der Waals surface area contributed by atoms with E-state index in [0.717, 1.165) is 12.8 Å². The number of halogens is 1. The number of terminal acetylenes is 1. The third-order valence-corrected chi connectivity index (χ3v) is 3.10. The molecule has 0 spiro atoms. The first-order valence-corrected chi connectivity index (χ1v) is 7.20. The van der Waals surface area contributed by atoms with Crippen molar-refractivity contribution in [1.82, 2.24) is 0 Å². The van der Waals surface area contributed by atoms with Gasteiger partial charge < -0.3 is 9.47 Å². The van der Waals surface area contributed by atoms with Crippen LogP contribution in [0.25, 0.3) is 0 Å². The van der Waals surface area contributed by atoms with Crippen LogP contribution in [0.4, 0.5) is 4.39 Å². The van der Waals surface area contributed by atoms with Gasteiger partial charge in [-0.3, -0.25) is 0 Å². The maximum absolute atomic E-state index is 14.3. The van der Waals surface area contributed by atoms with Crippen molar-refractivity contribution in [2.45, 2.75) is 46.0 Å². The Labute approximate surface area is 121 Å². The number of rotatable bonds is 8. The van der Waals surface area contributed by atoms with Crippen LogP contribution in [0.2, 0.25) is 0 Å². The fraction of sp³-hybridized carbons (Fsp3) is 0.529. The molecule has 1 aromatic rings. The fourth-order valence-corrected chi connectivity index (χ4v) is 2.26. The van der Waals surface area contributed by atoms with Gasteiger partial charge in [0.05, 0.1) is 13.2 Å². The highest BCUT2D eigenvalue weighted by molar-refractivity contribution is 5.45. The Morgan fingerprint density at radius 2 is 1.75 bits per heavy atom. The zero-order chi connectivity index (χ0) is 15.0. The van der Waals surface area contributed by atoms with Gasteiger partial charge in [0, 0.05) is 12.5 Å². The lowest BCUT2D eigenvalue weighted by molar-refractivity contribution is 0.285. The lowest BCUT2D eigenvalue weighted by atomic mass is 9.91. The van der Waals surface area contributed by atoms with E-state index in [4.69, 9.17) is 15.9 Å². The molecule has 0 bridgehead atoms. The normalized spacial score (nSPS) is 11.8. The molecule has 0 aliphatic heterocycles. The molecule has 1 unspecified atom stereocenters. The first-order valence-electron chi connectivity index (χ1n) is 7.20. The van der Waals surface area contributed by atoms with E-state index in [0.29, 0.717) is 36.7 Å². The molecule has 0 amide bonds. The van der Waals surface area contributed by atoms with Gasteiger partial charge in [-0.15, -0.1) is 12.3 Å². The zero-order valence-electron chi connectivity index (χ0n) is 12.5. The summed E-state index contributed by atoms with van der Waals surface area (Å²) >= 11 is 0. The quantitative estimate of drug-likeness (QED) is 0.650. The Hall–Kier alpha value is -1.69. The molecule has 1 atom stereocenters. The first-order chi connectivity index (χ1) is 9.67. The van der Waals surface area contributed by atoms with Crippen LogP contribution >= 0.6 is 0 Å². The molecular weight excluding hydrogens is 255 g/mol. The second-order valence-corrected chi connectivity index (χ2v) is 4.58. The summed E-state index contributed by atoms with van der Waals surface area (Å²) in [5.41, 5.74) is 0.622. The summed E-state index contributed by atoms with van der Waals surface area (Å²) in [4.78, 5) is 0. The van der Waals surface area contributed by atoms with E-state index in [1.54, 1.807) is 6.07 Å². The van der Waals surface area contributed by atoms with E-state index in [1.165, 1.54) is 6.07 Å². The number of hydrogen-bond acceptors (Lipinski definition) is 2. The van der Waals surface area contributed by atoms with Crippen molar-refractivity contribution in [3.05, 3.63) is 23.5 Å². The Morgan fingerprint density at radius 3 is 2.25 bits per heavy atom. The van der Waals surface area contributed by atoms with Crippen LogP contribution in [0.5, 0.6) is 11.5 Å². The zero-order valence-corrected chi connectivity index (χ0v) is 12.5. The van der Waals surface area contributed by atoms with Gasteiger partial charge in [-0.05, 0) is 37.8 Å². The molecule has 2 nitrogen and oxygen atoms in total. The van der Waals surface area contributed by atoms with Gasteiger partial charge in [0.25, 0.3) is 0 Å². The van der Waals surface area contributed by atoms with Gasteiger partial charge >= 0.3 is 0 Å². The molecule has 1 aromatic carbocycles. The minimum atomic E-state index is -0.273. The smallest absolute Gasteiger partial charge is 0.164 e. The maximum Gasteiger partial charge on any atom is 0.164 e. The van der Waals surface area contributed by atoms with Crippen LogP contribution < -0.4 is 9.47 Å². The largest absolute Gasteiger partial charge is 0.490 e. The highest BCUT2D eigenvalue weighted by atomic mass is 19.1. The molecule has 0 saturated heterocycles. The molecule has 0 fully saturated rings. The molecule has 0 aromatic heterocycles. The molecule has 0 aliphatic carbocycles. The van der Waals surface area contributed by atoms with Gasteiger partial charge in [-0.1, -0.05) is 13.3 Å². The van der Waals surface area contributed by atoms with E-state index >= 15 is 0 Å². The summed E-state index contributed by atoms with van der Waals surface area (Å²) in [7, 11) is 0. The van der Waals surface area contributed by atoms with Gasteiger partial charge in [-0.25, -0.2) is 4.39 Å². The molecule has 0 radical (unpaired) electrons. The molecule has 0 saturated carbocycles. The van der Waals surface area contributed by atoms with Crippen molar-refractivity contribution >= 4 is 0 Å². The second-order valence-electron chi connectivity index (χ2n) is 4.58. The highest BCUT2D eigenvalue weighted by Crippen LogP contribution is 2.36. The molecule has 0 aliphatic rings. The molecule has 3 heteroatoms. The summed E-state index contributed by atoms with van der Waals surface area (Å²) in [6, 6.07) is 3.14. The van der Waals surface area contributed by atoms with E-state index in [9.17, 15) is 4.39 Å². The number of benzene rings is 1. The van der Waals surface area contributed by atoms with Crippen LogP contribution in [0.1, 0.15) is 51.5 Å².